The molecule has 27 heavy (non-hydrogen) atoms. The normalized spacial score (nSPS) is 10.9. The quantitative estimate of drug-likeness (QED) is 0.461. The van der Waals surface area contributed by atoms with Crippen LogP contribution in [0.3, 0.4) is 0 Å². The molecule has 1 heterocycles. The smallest absolute Gasteiger partial charge is 0.257 e. The number of carbonyl (C=O) groups excluding carboxylic acids is 1. The lowest BCUT2D eigenvalue weighted by Gasteiger charge is -2.07. The largest absolute Gasteiger partial charge is 0.440 e. The van der Waals surface area contributed by atoms with E-state index in [1.165, 1.54) is 6.07 Å². The van der Waals surface area contributed by atoms with E-state index in [2.05, 4.69) is 10.3 Å². The molecule has 6 heteroatoms. The molecule has 0 radical (unpaired) electrons. The van der Waals surface area contributed by atoms with Crippen molar-refractivity contribution in [2.24, 2.45) is 0 Å². The first kappa shape index (κ1) is 17.6. The molecule has 4 rings (SSSR count). The van der Waals surface area contributed by atoms with Crippen molar-refractivity contribution in [3.8, 4) is 0 Å². The summed E-state index contributed by atoms with van der Waals surface area (Å²) in [7, 11) is 0. The van der Waals surface area contributed by atoms with Gasteiger partial charge in [0.2, 0.25) is 0 Å². The molecule has 4 nitrogen and oxygen atoms in total. The van der Waals surface area contributed by atoms with Crippen molar-refractivity contribution >= 4 is 45.9 Å². The van der Waals surface area contributed by atoms with Gasteiger partial charge in [0.15, 0.2) is 11.5 Å². The summed E-state index contributed by atoms with van der Waals surface area (Å²) >= 11 is 12.0. The fourth-order valence-electron chi connectivity index (χ4n) is 2.77. The van der Waals surface area contributed by atoms with Crippen molar-refractivity contribution < 1.29 is 9.21 Å². The molecule has 1 aromatic heterocycles. The Balaban J connectivity index is 1.56. The maximum absolute atomic E-state index is 12.5. The Morgan fingerprint density at radius 3 is 2.63 bits per heavy atom. The lowest BCUT2D eigenvalue weighted by molar-refractivity contribution is 0.102. The first-order valence-corrected chi connectivity index (χ1v) is 9.04. The van der Waals surface area contributed by atoms with Gasteiger partial charge in [-0.25, -0.2) is 4.98 Å². The van der Waals surface area contributed by atoms with Gasteiger partial charge in [-0.2, -0.15) is 0 Å². The van der Waals surface area contributed by atoms with Crippen LogP contribution in [0.2, 0.25) is 10.0 Å². The average molecular weight is 397 g/mol. The monoisotopic (exact) mass is 396 g/mol. The Morgan fingerprint density at radius 2 is 1.81 bits per heavy atom. The zero-order valence-corrected chi connectivity index (χ0v) is 15.6. The Bertz CT molecular complexity index is 1120. The van der Waals surface area contributed by atoms with E-state index in [4.69, 9.17) is 27.6 Å². The number of halogens is 2. The third kappa shape index (κ3) is 3.97. The molecule has 0 fully saturated rings. The number of nitrogens with zero attached hydrogens (tertiary/aromatic N) is 1. The Morgan fingerprint density at radius 1 is 1.00 bits per heavy atom. The molecule has 134 valence electrons. The van der Waals surface area contributed by atoms with Crippen LogP contribution in [0.25, 0.3) is 11.1 Å². The zero-order valence-electron chi connectivity index (χ0n) is 14.1. The molecule has 0 unspecified atom stereocenters. The predicted octanol–water partition coefficient (Wildman–Crippen LogP) is 5.98. The molecular formula is C21H14Cl2N2O2. The number of carbonyl (C=O) groups is 1. The molecule has 1 N–H and O–H groups in total. The van der Waals surface area contributed by atoms with Crippen LogP contribution in [0.1, 0.15) is 21.8 Å². The Hall–Kier alpha value is -2.82. The van der Waals surface area contributed by atoms with Gasteiger partial charge in [0, 0.05) is 17.1 Å². The number of amides is 1. The van der Waals surface area contributed by atoms with Gasteiger partial charge in [-0.15, -0.1) is 0 Å². The lowest BCUT2D eigenvalue weighted by atomic mass is 10.1. The highest BCUT2D eigenvalue weighted by molar-refractivity contribution is 6.36. The van der Waals surface area contributed by atoms with Crippen LogP contribution in [-0.4, -0.2) is 10.9 Å². The van der Waals surface area contributed by atoms with Crippen LogP contribution < -0.4 is 5.32 Å². The fourth-order valence-corrected chi connectivity index (χ4v) is 3.14. The van der Waals surface area contributed by atoms with Crippen molar-refractivity contribution in [2.45, 2.75) is 6.42 Å². The molecule has 3 aromatic carbocycles. The summed E-state index contributed by atoms with van der Waals surface area (Å²) in [4.78, 5) is 17.0. The molecular weight excluding hydrogens is 383 g/mol. The van der Waals surface area contributed by atoms with Crippen LogP contribution in [0, 0.1) is 0 Å². The van der Waals surface area contributed by atoms with E-state index in [0.29, 0.717) is 44.7 Å². The predicted molar refractivity (Wildman–Crippen MR) is 108 cm³/mol. The molecule has 0 aliphatic heterocycles. The summed E-state index contributed by atoms with van der Waals surface area (Å²) in [6.07, 6.45) is 0.606. The molecule has 4 aromatic rings. The molecule has 0 saturated carbocycles. The number of anilines is 1. The second-order valence-electron chi connectivity index (χ2n) is 6.03. The van der Waals surface area contributed by atoms with E-state index in [-0.39, 0.29) is 5.91 Å². The Kier molecular flexibility index (Phi) is 4.84. The van der Waals surface area contributed by atoms with Crippen LogP contribution in [0.5, 0.6) is 0 Å². The van der Waals surface area contributed by atoms with Crippen molar-refractivity contribution in [1.29, 1.82) is 0 Å². The number of hydrogen-bond donors (Lipinski definition) is 1. The van der Waals surface area contributed by atoms with Crippen molar-refractivity contribution in [3.05, 3.63) is 93.8 Å². The highest BCUT2D eigenvalue weighted by atomic mass is 35.5. The standard InChI is InChI=1S/C21H14Cl2N2O2/c22-14-6-8-17(23)16(11-14)21(26)24-15-7-9-19-18(12-15)25-20(27-19)10-13-4-2-1-3-5-13/h1-9,11-12H,10H2,(H,24,26). The van der Waals surface area contributed by atoms with Crippen molar-refractivity contribution in [2.75, 3.05) is 5.32 Å². The van der Waals surface area contributed by atoms with Gasteiger partial charge >= 0.3 is 0 Å². The molecule has 0 aliphatic carbocycles. The maximum Gasteiger partial charge on any atom is 0.257 e. The highest BCUT2D eigenvalue weighted by Gasteiger charge is 2.13. The minimum atomic E-state index is -0.338. The minimum absolute atomic E-state index is 0.314. The molecule has 1 amide bonds. The minimum Gasteiger partial charge on any atom is -0.440 e. The summed E-state index contributed by atoms with van der Waals surface area (Å²) in [6.45, 7) is 0. The van der Waals surface area contributed by atoms with E-state index < -0.39 is 0 Å². The number of fused-ring (bicyclic) bond motifs is 1. The van der Waals surface area contributed by atoms with E-state index in [1.54, 1.807) is 30.3 Å². The third-order valence-electron chi connectivity index (χ3n) is 4.06. The second kappa shape index (κ2) is 7.43. The topological polar surface area (TPSA) is 55.1 Å². The van der Waals surface area contributed by atoms with Gasteiger partial charge in [0.1, 0.15) is 5.52 Å². The number of rotatable bonds is 4. The van der Waals surface area contributed by atoms with Gasteiger partial charge < -0.3 is 9.73 Å². The number of nitrogens with one attached hydrogen (secondary N) is 1. The highest BCUT2D eigenvalue weighted by Crippen LogP contribution is 2.24. The summed E-state index contributed by atoms with van der Waals surface area (Å²) in [5.41, 5.74) is 3.38. The van der Waals surface area contributed by atoms with Gasteiger partial charge in [0.05, 0.1) is 10.6 Å². The number of oxazole rings is 1. The second-order valence-corrected chi connectivity index (χ2v) is 6.87. The van der Waals surface area contributed by atoms with Crippen LogP contribution in [-0.2, 0) is 6.42 Å². The van der Waals surface area contributed by atoms with E-state index in [0.717, 1.165) is 5.56 Å². The van der Waals surface area contributed by atoms with Gasteiger partial charge in [-0.05, 0) is 42.0 Å². The first-order valence-electron chi connectivity index (χ1n) is 8.28. The molecule has 0 bridgehead atoms. The molecule has 0 atom stereocenters. The fraction of sp³-hybridized carbons (Fsp3) is 0.0476. The SMILES string of the molecule is O=C(Nc1ccc2oc(Cc3ccccc3)nc2c1)c1cc(Cl)ccc1Cl. The van der Waals surface area contributed by atoms with Crippen LogP contribution in [0.15, 0.2) is 71.1 Å². The van der Waals surface area contributed by atoms with Crippen molar-refractivity contribution in [1.82, 2.24) is 4.98 Å². The van der Waals surface area contributed by atoms with E-state index in [9.17, 15) is 4.79 Å². The van der Waals surface area contributed by atoms with Gasteiger partial charge in [-0.3, -0.25) is 4.79 Å². The van der Waals surface area contributed by atoms with E-state index >= 15 is 0 Å². The first-order chi connectivity index (χ1) is 13.1. The number of aromatic nitrogens is 1. The average Bonchev–Trinajstić information content (AvgIpc) is 3.06. The molecule has 0 aliphatic rings. The molecule has 0 saturated heterocycles. The zero-order chi connectivity index (χ0) is 18.8. The third-order valence-corrected chi connectivity index (χ3v) is 4.63. The number of hydrogen-bond acceptors (Lipinski definition) is 3. The van der Waals surface area contributed by atoms with Crippen molar-refractivity contribution in [3.63, 3.8) is 0 Å². The van der Waals surface area contributed by atoms with E-state index in [1.807, 2.05) is 30.3 Å². The number of benzene rings is 3. The summed E-state index contributed by atoms with van der Waals surface area (Å²) in [6, 6.07) is 20.0. The maximum atomic E-state index is 12.5. The van der Waals surface area contributed by atoms with Crippen LogP contribution in [0.4, 0.5) is 5.69 Å². The van der Waals surface area contributed by atoms with Crippen LogP contribution >= 0.6 is 23.2 Å². The van der Waals surface area contributed by atoms with Gasteiger partial charge in [0.25, 0.3) is 5.91 Å². The summed E-state index contributed by atoms with van der Waals surface area (Å²) in [5.74, 6) is 0.285. The van der Waals surface area contributed by atoms with Gasteiger partial charge in [-0.1, -0.05) is 53.5 Å². The summed E-state index contributed by atoms with van der Waals surface area (Å²) in [5, 5.41) is 3.60. The molecule has 0 spiro atoms. The summed E-state index contributed by atoms with van der Waals surface area (Å²) < 4.78 is 5.79. The Labute approximate surface area is 165 Å². The lowest BCUT2D eigenvalue weighted by Crippen LogP contribution is -2.12.